The summed E-state index contributed by atoms with van der Waals surface area (Å²) >= 11 is 11.1. The highest BCUT2D eigenvalue weighted by molar-refractivity contribution is 7.80. The molecule has 0 saturated carbocycles. The largest absolute Gasteiger partial charge is 0.360 e. The van der Waals surface area contributed by atoms with Crippen LogP contribution in [-0.2, 0) is 0 Å². The standard InChI is InChI=1S/C11H15ClN2S/c1-7(2)13-11(15)14-9-5-4-8(3)10(12)6-9/h4-7H,1-3H3,(H2,13,14,15). The van der Waals surface area contributed by atoms with Crippen molar-refractivity contribution in [2.24, 2.45) is 0 Å². The second kappa shape index (κ2) is 5.33. The SMILES string of the molecule is Cc1ccc(NC(=S)NC(C)C)cc1Cl. The zero-order chi connectivity index (χ0) is 11.4. The molecule has 0 unspecified atom stereocenters. The molecule has 0 heterocycles. The fraction of sp³-hybridized carbons (Fsp3) is 0.364. The third-order valence-electron chi connectivity index (χ3n) is 1.85. The zero-order valence-electron chi connectivity index (χ0n) is 9.10. The van der Waals surface area contributed by atoms with Crippen LogP contribution < -0.4 is 10.6 Å². The second-order valence-electron chi connectivity index (χ2n) is 3.72. The maximum atomic E-state index is 6.00. The maximum Gasteiger partial charge on any atom is 0.170 e. The van der Waals surface area contributed by atoms with Crippen LogP contribution in [0.1, 0.15) is 19.4 Å². The summed E-state index contributed by atoms with van der Waals surface area (Å²) in [6, 6.07) is 6.11. The van der Waals surface area contributed by atoms with Crippen LogP contribution in [0.2, 0.25) is 5.02 Å². The molecule has 0 aromatic heterocycles. The third-order valence-corrected chi connectivity index (χ3v) is 2.48. The zero-order valence-corrected chi connectivity index (χ0v) is 10.7. The Balaban J connectivity index is 2.65. The van der Waals surface area contributed by atoms with Crippen LogP contribution in [0, 0.1) is 6.92 Å². The second-order valence-corrected chi connectivity index (χ2v) is 4.53. The van der Waals surface area contributed by atoms with Gasteiger partial charge in [-0.2, -0.15) is 0 Å². The lowest BCUT2D eigenvalue weighted by molar-refractivity contribution is 0.739. The van der Waals surface area contributed by atoms with Crippen molar-refractivity contribution in [3.8, 4) is 0 Å². The van der Waals surface area contributed by atoms with E-state index in [2.05, 4.69) is 10.6 Å². The number of anilines is 1. The molecule has 1 aromatic carbocycles. The molecule has 0 radical (unpaired) electrons. The predicted octanol–water partition coefficient (Wildman–Crippen LogP) is 3.34. The minimum atomic E-state index is 0.325. The Bertz CT molecular complexity index is 364. The predicted molar refractivity (Wildman–Crippen MR) is 70.7 cm³/mol. The van der Waals surface area contributed by atoms with E-state index in [-0.39, 0.29) is 0 Å². The minimum Gasteiger partial charge on any atom is -0.360 e. The summed E-state index contributed by atoms with van der Waals surface area (Å²) in [5.74, 6) is 0. The summed E-state index contributed by atoms with van der Waals surface area (Å²) in [4.78, 5) is 0. The van der Waals surface area contributed by atoms with Gasteiger partial charge >= 0.3 is 0 Å². The number of hydrogen-bond donors (Lipinski definition) is 2. The van der Waals surface area contributed by atoms with Crippen LogP contribution in [0.25, 0.3) is 0 Å². The van der Waals surface area contributed by atoms with E-state index >= 15 is 0 Å². The molecule has 15 heavy (non-hydrogen) atoms. The lowest BCUT2D eigenvalue weighted by atomic mass is 10.2. The maximum absolute atomic E-state index is 6.00. The highest BCUT2D eigenvalue weighted by atomic mass is 35.5. The molecule has 1 rings (SSSR count). The van der Waals surface area contributed by atoms with Gasteiger partial charge < -0.3 is 10.6 Å². The van der Waals surface area contributed by atoms with E-state index in [1.165, 1.54) is 0 Å². The molecule has 0 aliphatic heterocycles. The van der Waals surface area contributed by atoms with Crippen molar-refractivity contribution in [3.63, 3.8) is 0 Å². The van der Waals surface area contributed by atoms with Crippen LogP contribution in [0.4, 0.5) is 5.69 Å². The molecule has 0 fully saturated rings. The number of thiocarbonyl (C=S) groups is 1. The molecule has 0 amide bonds. The van der Waals surface area contributed by atoms with Crippen molar-refractivity contribution < 1.29 is 0 Å². The van der Waals surface area contributed by atoms with E-state index in [0.717, 1.165) is 16.3 Å². The van der Waals surface area contributed by atoms with Gasteiger partial charge in [-0.25, -0.2) is 0 Å². The van der Waals surface area contributed by atoms with Gasteiger partial charge in [0, 0.05) is 16.8 Å². The van der Waals surface area contributed by atoms with Gasteiger partial charge in [0.2, 0.25) is 0 Å². The van der Waals surface area contributed by atoms with Crippen LogP contribution in [0.3, 0.4) is 0 Å². The van der Waals surface area contributed by atoms with Crippen molar-refractivity contribution in [1.82, 2.24) is 5.32 Å². The molecule has 82 valence electrons. The lowest BCUT2D eigenvalue weighted by Gasteiger charge is -2.13. The number of aryl methyl sites for hydroxylation is 1. The first-order valence-electron chi connectivity index (χ1n) is 4.82. The van der Waals surface area contributed by atoms with Gasteiger partial charge in [-0.15, -0.1) is 0 Å². The van der Waals surface area contributed by atoms with Gasteiger partial charge in [0.1, 0.15) is 0 Å². The van der Waals surface area contributed by atoms with Crippen molar-refractivity contribution in [2.45, 2.75) is 26.8 Å². The summed E-state index contributed by atoms with van der Waals surface area (Å²) in [6.45, 7) is 6.04. The van der Waals surface area contributed by atoms with Crippen LogP contribution in [-0.4, -0.2) is 11.2 Å². The monoisotopic (exact) mass is 242 g/mol. The van der Waals surface area contributed by atoms with Gasteiger partial charge in [-0.3, -0.25) is 0 Å². The smallest absolute Gasteiger partial charge is 0.170 e. The van der Waals surface area contributed by atoms with E-state index in [0.29, 0.717) is 11.2 Å². The summed E-state index contributed by atoms with van der Waals surface area (Å²) in [7, 11) is 0. The average Bonchev–Trinajstić information content (AvgIpc) is 2.10. The molecular formula is C11H15ClN2S. The molecule has 0 spiro atoms. The molecule has 1 aromatic rings. The number of hydrogen-bond acceptors (Lipinski definition) is 1. The summed E-state index contributed by atoms with van der Waals surface area (Å²) in [6.07, 6.45) is 0. The quantitative estimate of drug-likeness (QED) is 0.778. The molecule has 2 nitrogen and oxygen atoms in total. The third kappa shape index (κ3) is 4.06. The van der Waals surface area contributed by atoms with E-state index < -0.39 is 0 Å². The molecule has 0 aliphatic carbocycles. The normalized spacial score (nSPS) is 10.2. The van der Waals surface area contributed by atoms with Crippen molar-refractivity contribution >= 4 is 34.6 Å². The Morgan fingerprint density at radius 1 is 1.40 bits per heavy atom. The van der Waals surface area contributed by atoms with Crippen molar-refractivity contribution in [3.05, 3.63) is 28.8 Å². The number of halogens is 1. The van der Waals surface area contributed by atoms with E-state index in [1.54, 1.807) is 0 Å². The number of rotatable bonds is 2. The summed E-state index contributed by atoms with van der Waals surface area (Å²) in [5.41, 5.74) is 1.97. The fourth-order valence-electron chi connectivity index (χ4n) is 1.10. The first kappa shape index (κ1) is 12.3. The first-order valence-corrected chi connectivity index (χ1v) is 5.61. The minimum absolute atomic E-state index is 0.325. The van der Waals surface area contributed by atoms with E-state index in [1.807, 2.05) is 39.0 Å². The molecular weight excluding hydrogens is 228 g/mol. The Morgan fingerprint density at radius 2 is 2.07 bits per heavy atom. The Labute approximate surface area is 101 Å². The van der Waals surface area contributed by atoms with Gasteiger partial charge in [0.05, 0.1) is 0 Å². The van der Waals surface area contributed by atoms with Gasteiger partial charge in [0.25, 0.3) is 0 Å². The molecule has 0 aliphatic rings. The Hall–Kier alpha value is -0.800. The van der Waals surface area contributed by atoms with Crippen molar-refractivity contribution in [2.75, 3.05) is 5.32 Å². The molecule has 0 saturated heterocycles. The van der Waals surface area contributed by atoms with Crippen LogP contribution >= 0.6 is 23.8 Å². The highest BCUT2D eigenvalue weighted by Crippen LogP contribution is 2.19. The molecule has 2 N–H and O–H groups in total. The number of benzene rings is 1. The van der Waals surface area contributed by atoms with Crippen molar-refractivity contribution in [1.29, 1.82) is 0 Å². The van der Waals surface area contributed by atoms with E-state index in [4.69, 9.17) is 23.8 Å². The Morgan fingerprint density at radius 3 is 2.60 bits per heavy atom. The topological polar surface area (TPSA) is 24.1 Å². The van der Waals surface area contributed by atoms with Gasteiger partial charge in [-0.1, -0.05) is 17.7 Å². The van der Waals surface area contributed by atoms with Crippen LogP contribution in [0.15, 0.2) is 18.2 Å². The first-order chi connectivity index (χ1) is 6.99. The van der Waals surface area contributed by atoms with Gasteiger partial charge in [-0.05, 0) is 50.7 Å². The average molecular weight is 243 g/mol. The van der Waals surface area contributed by atoms with Crippen LogP contribution in [0.5, 0.6) is 0 Å². The molecule has 4 heteroatoms. The van der Waals surface area contributed by atoms with Gasteiger partial charge in [0.15, 0.2) is 5.11 Å². The highest BCUT2D eigenvalue weighted by Gasteiger charge is 2.01. The Kier molecular flexibility index (Phi) is 4.36. The number of nitrogens with one attached hydrogen (secondary N) is 2. The molecule has 0 bridgehead atoms. The fourth-order valence-corrected chi connectivity index (χ4v) is 1.63. The summed E-state index contributed by atoms with van der Waals surface area (Å²) < 4.78 is 0. The summed E-state index contributed by atoms with van der Waals surface area (Å²) in [5, 5.41) is 7.54. The lowest BCUT2D eigenvalue weighted by Crippen LogP contribution is -2.33. The molecule has 0 atom stereocenters. The van der Waals surface area contributed by atoms with E-state index in [9.17, 15) is 0 Å².